The van der Waals surface area contributed by atoms with Crippen molar-refractivity contribution in [2.75, 3.05) is 20.8 Å². The highest BCUT2D eigenvalue weighted by Crippen LogP contribution is 2.28. The summed E-state index contributed by atoms with van der Waals surface area (Å²) in [5.41, 5.74) is 1.85. The Morgan fingerprint density at radius 3 is 2.37 bits per heavy atom. The number of H-pyrrole nitrogens is 1. The Morgan fingerprint density at radius 2 is 1.89 bits per heavy atom. The maximum atomic E-state index is 5.29. The molecule has 1 atom stereocenters. The second kappa shape index (κ2) is 6.19. The van der Waals surface area contributed by atoms with Crippen molar-refractivity contribution in [1.82, 2.24) is 20.7 Å². The Labute approximate surface area is 112 Å². The molecule has 0 saturated carbocycles. The molecule has 1 unspecified atom stereocenters. The van der Waals surface area contributed by atoms with Gasteiger partial charge in [0.25, 0.3) is 0 Å². The summed E-state index contributed by atoms with van der Waals surface area (Å²) in [5, 5.41) is 14.0. The Bertz CT molecular complexity index is 491. The lowest BCUT2D eigenvalue weighted by Crippen LogP contribution is -2.22. The number of nitrogens with zero attached hydrogens (tertiary/aromatic N) is 2. The second-order valence-electron chi connectivity index (χ2n) is 4.03. The van der Waals surface area contributed by atoms with Gasteiger partial charge >= 0.3 is 0 Å². The Morgan fingerprint density at radius 1 is 1.21 bits per heavy atom. The molecule has 0 spiro atoms. The monoisotopic (exact) mass is 262 g/mol. The summed E-state index contributed by atoms with van der Waals surface area (Å²) < 4.78 is 10.6. The second-order valence-corrected chi connectivity index (χ2v) is 4.03. The summed E-state index contributed by atoms with van der Waals surface area (Å²) in [7, 11) is 3.27. The molecule has 0 saturated heterocycles. The van der Waals surface area contributed by atoms with Crippen LogP contribution in [0.3, 0.4) is 0 Å². The highest BCUT2D eigenvalue weighted by molar-refractivity contribution is 5.41. The fraction of sp³-hybridized carbons (Fsp3) is 0.385. The van der Waals surface area contributed by atoms with Crippen molar-refractivity contribution in [3.8, 4) is 11.5 Å². The molecular weight excluding hydrogens is 244 g/mol. The van der Waals surface area contributed by atoms with Crippen molar-refractivity contribution in [2.45, 2.75) is 13.0 Å². The standard InChI is InChI=1S/C13H18N4O2/c1-4-14-13(12-8-15-17-16-12)9-5-10(18-2)7-11(6-9)19-3/h5-8,13-14H,4H2,1-3H3,(H,15,16,17). The van der Waals surface area contributed by atoms with Gasteiger partial charge in [0.2, 0.25) is 0 Å². The van der Waals surface area contributed by atoms with Crippen LogP contribution in [0.25, 0.3) is 0 Å². The molecule has 0 radical (unpaired) electrons. The first kappa shape index (κ1) is 13.4. The molecule has 1 aromatic carbocycles. The van der Waals surface area contributed by atoms with E-state index in [0.29, 0.717) is 0 Å². The van der Waals surface area contributed by atoms with Crippen LogP contribution in [0.4, 0.5) is 0 Å². The predicted molar refractivity (Wildman–Crippen MR) is 71.4 cm³/mol. The maximum Gasteiger partial charge on any atom is 0.122 e. The van der Waals surface area contributed by atoms with Crippen LogP contribution in [-0.2, 0) is 0 Å². The normalized spacial score (nSPS) is 12.2. The van der Waals surface area contributed by atoms with Gasteiger partial charge < -0.3 is 14.8 Å². The van der Waals surface area contributed by atoms with Gasteiger partial charge in [0.15, 0.2) is 0 Å². The molecule has 0 aliphatic carbocycles. The zero-order chi connectivity index (χ0) is 13.7. The van der Waals surface area contributed by atoms with E-state index in [2.05, 4.69) is 20.7 Å². The predicted octanol–water partition coefficient (Wildman–Crippen LogP) is 1.52. The van der Waals surface area contributed by atoms with E-state index in [1.54, 1.807) is 20.4 Å². The summed E-state index contributed by atoms with van der Waals surface area (Å²) in [6.07, 6.45) is 1.71. The molecule has 1 aromatic heterocycles. The van der Waals surface area contributed by atoms with E-state index in [9.17, 15) is 0 Å². The molecule has 2 aromatic rings. The van der Waals surface area contributed by atoms with Crippen molar-refractivity contribution >= 4 is 0 Å². The van der Waals surface area contributed by atoms with Crippen molar-refractivity contribution in [2.24, 2.45) is 0 Å². The van der Waals surface area contributed by atoms with Crippen LogP contribution >= 0.6 is 0 Å². The van der Waals surface area contributed by atoms with E-state index < -0.39 is 0 Å². The molecule has 0 fully saturated rings. The molecule has 6 heteroatoms. The Hall–Kier alpha value is -2.08. The lowest BCUT2D eigenvalue weighted by atomic mass is 10.0. The number of rotatable bonds is 6. The van der Waals surface area contributed by atoms with Crippen LogP contribution in [0.5, 0.6) is 11.5 Å². The third-order valence-corrected chi connectivity index (χ3v) is 2.84. The van der Waals surface area contributed by atoms with E-state index in [4.69, 9.17) is 9.47 Å². The molecule has 102 valence electrons. The minimum Gasteiger partial charge on any atom is -0.497 e. The lowest BCUT2D eigenvalue weighted by molar-refractivity contribution is 0.392. The topological polar surface area (TPSA) is 72.1 Å². The molecule has 6 nitrogen and oxygen atoms in total. The molecule has 1 heterocycles. The van der Waals surface area contributed by atoms with E-state index in [0.717, 1.165) is 29.3 Å². The minimum absolute atomic E-state index is 0.0484. The van der Waals surface area contributed by atoms with Gasteiger partial charge in [-0.1, -0.05) is 6.92 Å². The number of ether oxygens (including phenoxy) is 2. The lowest BCUT2D eigenvalue weighted by Gasteiger charge is -2.17. The Kier molecular flexibility index (Phi) is 4.35. The van der Waals surface area contributed by atoms with Gasteiger partial charge in [-0.25, -0.2) is 0 Å². The van der Waals surface area contributed by atoms with Gasteiger partial charge in [0, 0.05) is 6.07 Å². The van der Waals surface area contributed by atoms with Crippen LogP contribution in [0.15, 0.2) is 24.4 Å². The molecule has 0 aliphatic heterocycles. The quantitative estimate of drug-likeness (QED) is 0.826. The maximum absolute atomic E-state index is 5.29. The van der Waals surface area contributed by atoms with Crippen LogP contribution in [0, 0.1) is 0 Å². The zero-order valence-corrected chi connectivity index (χ0v) is 11.3. The minimum atomic E-state index is -0.0484. The largest absolute Gasteiger partial charge is 0.497 e. The number of methoxy groups -OCH3 is 2. The Balaban J connectivity index is 2.41. The number of aromatic amines is 1. The molecule has 0 amide bonds. The van der Waals surface area contributed by atoms with Crippen molar-refractivity contribution in [1.29, 1.82) is 0 Å². The molecule has 0 bridgehead atoms. The van der Waals surface area contributed by atoms with E-state index in [1.807, 2.05) is 25.1 Å². The zero-order valence-electron chi connectivity index (χ0n) is 11.3. The SMILES string of the molecule is CCNC(c1cc(OC)cc(OC)c1)c1cn[nH]n1. The smallest absolute Gasteiger partial charge is 0.122 e. The summed E-state index contributed by atoms with van der Waals surface area (Å²) in [6, 6.07) is 5.72. The van der Waals surface area contributed by atoms with Crippen LogP contribution in [-0.4, -0.2) is 36.2 Å². The first-order chi connectivity index (χ1) is 9.28. The average Bonchev–Trinajstić information content (AvgIpc) is 2.97. The van der Waals surface area contributed by atoms with Gasteiger partial charge in [0.1, 0.15) is 17.2 Å². The number of aromatic nitrogens is 3. The number of hydrogen-bond donors (Lipinski definition) is 2. The fourth-order valence-electron chi connectivity index (χ4n) is 1.94. The van der Waals surface area contributed by atoms with Crippen molar-refractivity contribution in [3.05, 3.63) is 35.7 Å². The number of nitrogens with one attached hydrogen (secondary N) is 2. The average molecular weight is 262 g/mol. The first-order valence-electron chi connectivity index (χ1n) is 6.10. The third-order valence-electron chi connectivity index (χ3n) is 2.84. The van der Waals surface area contributed by atoms with Gasteiger partial charge in [-0.15, -0.1) is 0 Å². The first-order valence-corrected chi connectivity index (χ1v) is 6.10. The highest BCUT2D eigenvalue weighted by atomic mass is 16.5. The highest BCUT2D eigenvalue weighted by Gasteiger charge is 2.17. The van der Waals surface area contributed by atoms with E-state index in [1.165, 1.54) is 0 Å². The van der Waals surface area contributed by atoms with E-state index in [-0.39, 0.29) is 6.04 Å². The molecule has 19 heavy (non-hydrogen) atoms. The van der Waals surface area contributed by atoms with E-state index >= 15 is 0 Å². The van der Waals surface area contributed by atoms with Gasteiger partial charge in [-0.05, 0) is 24.2 Å². The van der Waals surface area contributed by atoms with Gasteiger partial charge in [-0.3, -0.25) is 0 Å². The van der Waals surface area contributed by atoms with Gasteiger partial charge in [0.05, 0.1) is 26.5 Å². The van der Waals surface area contributed by atoms with Crippen LogP contribution in [0.2, 0.25) is 0 Å². The van der Waals surface area contributed by atoms with Gasteiger partial charge in [-0.2, -0.15) is 15.4 Å². The van der Waals surface area contributed by atoms with Crippen molar-refractivity contribution < 1.29 is 9.47 Å². The summed E-state index contributed by atoms with van der Waals surface area (Å²) in [4.78, 5) is 0. The van der Waals surface area contributed by atoms with Crippen LogP contribution in [0.1, 0.15) is 24.2 Å². The third kappa shape index (κ3) is 3.03. The number of hydrogen-bond acceptors (Lipinski definition) is 5. The molecule has 2 N–H and O–H groups in total. The molecule has 2 rings (SSSR count). The molecule has 0 aliphatic rings. The van der Waals surface area contributed by atoms with Crippen LogP contribution < -0.4 is 14.8 Å². The summed E-state index contributed by atoms with van der Waals surface area (Å²) in [6.45, 7) is 2.86. The summed E-state index contributed by atoms with van der Waals surface area (Å²) >= 11 is 0. The molecular formula is C13H18N4O2. The fourth-order valence-corrected chi connectivity index (χ4v) is 1.94. The summed E-state index contributed by atoms with van der Waals surface area (Å²) in [5.74, 6) is 1.50. The number of benzene rings is 1. The van der Waals surface area contributed by atoms with Crippen molar-refractivity contribution in [3.63, 3.8) is 0 Å².